The summed E-state index contributed by atoms with van der Waals surface area (Å²) in [5.41, 5.74) is -1.41. The fourth-order valence-corrected chi connectivity index (χ4v) is 3.31. The minimum Gasteiger partial charge on any atom is -0.477 e. The molecule has 2 amide bonds. The van der Waals surface area contributed by atoms with Gasteiger partial charge in [0, 0.05) is 13.2 Å². The summed E-state index contributed by atoms with van der Waals surface area (Å²) in [7, 11) is 0. The molecule has 8 heteroatoms. The van der Waals surface area contributed by atoms with E-state index in [2.05, 4.69) is 10.6 Å². The van der Waals surface area contributed by atoms with Crippen molar-refractivity contribution in [3.8, 4) is 5.75 Å². The number of hydrogen-bond donors (Lipinski definition) is 2. The highest BCUT2D eigenvalue weighted by Crippen LogP contribution is 2.27. The van der Waals surface area contributed by atoms with E-state index in [-0.39, 0.29) is 35.0 Å². The van der Waals surface area contributed by atoms with E-state index in [4.69, 9.17) is 14.2 Å². The third-order valence-corrected chi connectivity index (χ3v) is 5.49. The summed E-state index contributed by atoms with van der Waals surface area (Å²) in [4.78, 5) is 25.4. The van der Waals surface area contributed by atoms with E-state index in [1.807, 2.05) is 13.8 Å². The summed E-state index contributed by atoms with van der Waals surface area (Å²) in [6.07, 6.45) is 2.51. The summed E-state index contributed by atoms with van der Waals surface area (Å²) in [6, 6.07) is 3.57. The standard InChI is InChI=1S/C22H31FN2O5/c1-21(2)9-7-15(13-29-21)25-20(27)22(3,4)30-18-6-5-14(23)11-17(18)19(26)24-12-16-8-10-28-16/h5-6,11,15-16H,7-10,12-13H2,1-4H3,(H,24,26)(H,25,27). The van der Waals surface area contributed by atoms with Gasteiger partial charge in [-0.15, -0.1) is 0 Å². The van der Waals surface area contributed by atoms with Gasteiger partial charge in [0.2, 0.25) is 0 Å². The minimum atomic E-state index is -1.27. The first-order valence-corrected chi connectivity index (χ1v) is 10.4. The van der Waals surface area contributed by atoms with Crippen LogP contribution in [0.25, 0.3) is 0 Å². The first-order valence-electron chi connectivity index (χ1n) is 10.4. The molecule has 3 rings (SSSR count). The summed E-state index contributed by atoms with van der Waals surface area (Å²) < 4.78 is 30.7. The monoisotopic (exact) mass is 422 g/mol. The van der Waals surface area contributed by atoms with Crippen LogP contribution in [0.2, 0.25) is 0 Å². The summed E-state index contributed by atoms with van der Waals surface area (Å²) in [6.45, 7) is 8.74. The second kappa shape index (κ2) is 8.89. The van der Waals surface area contributed by atoms with Crippen LogP contribution < -0.4 is 15.4 Å². The number of carbonyl (C=O) groups excluding carboxylic acids is 2. The van der Waals surface area contributed by atoms with Crippen molar-refractivity contribution >= 4 is 11.8 Å². The Balaban J connectivity index is 1.64. The first-order chi connectivity index (χ1) is 14.1. The maximum absolute atomic E-state index is 13.8. The minimum absolute atomic E-state index is 0.0169. The van der Waals surface area contributed by atoms with Gasteiger partial charge in [0.05, 0.1) is 29.9 Å². The van der Waals surface area contributed by atoms with Gasteiger partial charge in [0.1, 0.15) is 11.6 Å². The Morgan fingerprint density at radius 3 is 2.63 bits per heavy atom. The molecule has 7 nitrogen and oxygen atoms in total. The fourth-order valence-electron chi connectivity index (χ4n) is 3.31. The van der Waals surface area contributed by atoms with Gasteiger partial charge in [0.25, 0.3) is 11.8 Å². The Labute approximate surface area is 176 Å². The van der Waals surface area contributed by atoms with Crippen LogP contribution in [0.5, 0.6) is 5.75 Å². The van der Waals surface area contributed by atoms with Crippen molar-refractivity contribution in [2.24, 2.45) is 0 Å². The Morgan fingerprint density at radius 1 is 1.30 bits per heavy atom. The molecule has 2 aliphatic heterocycles. The van der Waals surface area contributed by atoms with Gasteiger partial charge in [-0.05, 0) is 65.2 Å². The number of nitrogens with one attached hydrogen (secondary N) is 2. The average Bonchev–Trinajstić information content (AvgIpc) is 2.63. The predicted octanol–water partition coefficient (Wildman–Crippen LogP) is 2.58. The van der Waals surface area contributed by atoms with Gasteiger partial charge in [0.15, 0.2) is 5.60 Å². The van der Waals surface area contributed by atoms with E-state index in [0.717, 1.165) is 25.3 Å². The number of hydrogen-bond acceptors (Lipinski definition) is 5. The molecule has 2 fully saturated rings. The van der Waals surface area contributed by atoms with Gasteiger partial charge in [-0.25, -0.2) is 4.39 Å². The lowest BCUT2D eigenvalue weighted by atomic mass is 9.95. The maximum Gasteiger partial charge on any atom is 0.263 e. The molecule has 166 valence electrons. The third kappa shape index (κ3) is 5.70. The molecular formula is C22H31FN2O5. The number of benzene rings is 1. The van der Waals surface area contributed by atoms with Crippen LogP contribution >= 0.6 is 0 Å². The summed E-state index contributed by atoms with van der Waals surface area (Å²) in [5.74, 6) is -1.21. The largest absolute Gasteiger partial charge is 0.477 e. The molecule has 2 heterocycles. The maximum atomic E-state index is 13.8. The van der Waals surface area contributed by atoms with E-state index in [9.17, 15) is 14.0 Å². The van der Waals surface area contributed by atoms with Crippen LogP contribution in [0, 0.1) is 5.82 Å². The van der Waals surface area contributed by atoms with E-state index in [0.29, 0.717) is 19.8 Å². The fraction of sp³-hybridized carbons (Fsp3) is 0.636. The van der Waals surface area contributed by atoms with Crippen molar-refractivity contribution in [2.75, 3.05) is 19.8 Å². The predicted molar refractivity (Wildman–Crippen MR) is 109 cm³/mol. The molecule has 0 bridgehead atoms. The molecule has 2 aliphatic rings. The van der Waals surface area contributed by atoms with E-state index in [1.165, 1.54) is 12.1 Å². The molecule has 2 atom stereocenters. The number of rotatable bonds is 7. The highest BCUT2D eigenvalue weighted by molar-refractivity contribution is 5.97. The van der Waals surface area contributed by atoms with Crippen molar-refractivity contribution in [3.05, 3.63) is 29.6 Å². The summed E-state index contributed by atoms with van der Waals surface area (Å²) >= 11 is 0. The molecular weight excluding hydrogens is 391 g/mol. The van der Waals surface area contributed by atoms with Gasteiger partial charge >= 0.3 is 0 Å². The Bertz CT molecular complexity index is 782. The molecule has 0 radical (unpaired) electrons. The molecule has 1 aromatic rings. The molecule has 2 unspecified atom stereocenters. The van der Waals surface area contributed by atoms with Crippen molar-refractivity contribution in [2.45, 2.75) is 70.3 Å². The first kappa shape index (κ1) is 22.5. The second-order valence-electron chi connectivity index (χ2n) is 9.02. The summed E-state index contributed by atoms with van der Waals surface area (Å²) in [5, 5.41) is 5.68. The van der Waals surface area contributed by atoms with Gasteiger partial charge in [-0.3, -0.25) is 9.59 Å². The Kier molecular flexibility index (Phi) is 6.67. The van der Waals surface area contributed by atoms with E-state index >= 15 is 0 Å². The van der Waals surface area contributed by atoms with Crippen LogP contribution in [0.15, 0.2) is 18.2 Å². The average molecular weight is 422 g/mol. The van der Waals surface area contributed by atoms with E-state index in [1.54, 1.807) is 13.8 Å². The topological polar surface area (TPSA) is 85.9 Å². The van der Waals surface area contributed by atoms with E-state index < -0.39 is 17.3 Å². The van der Waals surface area contributed by atoms with Gasteiger partial charge < -0.3 is 24.8 Å². The van der Waals surface area contributed by atoms with Crippen LogP contribution in [-0.4, -0.2) is 54.9 Å². The number of carbonyl (C=O) groups is 2. The SMILES string of the molecule is CC1(C)CCC(NC(=O)C(C)(C)Oc2ccc(F)cc2C(=O)NCC2CCO2)CO1. The number of halogens is 1. The lowest BCUT2D eigenvalue weighted by Gasteiger charge is -2.36. The van der Waals surface area contributed by atoms with Crippen molar-refractivity contribution in [1.82, 2.24) is 10.6 Å². The smallest absolute Gasteiger partial charge is 0.263 e. The quantitative estimate of drug-likeness (QED) is 0.706. The lowest BCUT2D eigenvalue weighted by molar-refractivity contribution is -0.137. The number of amides is 2. The second-order valence-corrected chi connectivity index (χ2v) is 9.02. The lowest BCUT2D eigenvalue weighted by Crippen LogP contribution is -2.53. The molecule has 30 heavy (non-hydrogen) atoms. The van der Waals surface area contributed by atoms with Crippen molar-refractivity contribution in [1.29, 1.82) is 0 Å². The zero-order valence-corrected chi connectivity index (χ0v) is 18.0. The molecule has 0 aromatic heterocycles. The zero-order valence-electron chi connectivity index (χ0n) is 18.0. The molecule has 2 N–H and O–H groups in total. The molecule has 0 saturated carbocycles. The van der Waals surface area contributed by atoms with Crippen molar-refractivity contribution < 1.29 is 28.2 Å². The normalized spacial score (nSPS) is 23.2. The Morgan fingerprint density at radius 2 is 2.03 bits per heavy atom. The third-order valence-electron chi connectivity index (χ3n) is 5.49. The molecule has 0 spiro atoms. The molecule has 2 saturated heterocycles. The van der Waals surface area contributed by atoms with Crippen LogP contribution in [0.1, 0.15) is 57.3 Å². The number of ether oxygens (including phenoxy) is 3. The molecule has 0 aliphatic carbocycles. The molecule has 1 aromatic carbocycles. The van der Waals surface area contributed by atoms with Crippen LogP contribution in [0.4, 0.5) is 4.39 Å². The van der Waals surface area contributed by atoms with Gasteiger partial charge in [-0.1, -0.05) is 0 Å². The van der Waals surface area contributed by atoms with Crippen molar-refractivity contribution in [3.63, 3.8) is 0 Å². The van der Waals surface area contributed by atoms with Crippen LogP contribution in [-0.2, 0) is 14.3 Å². The Hall–Kier alpha value is -2.19. The highest BCUT2D eigenvalue weighted by atomic mass is 19.1. The van der Waals surface area contributed by atoms with Gasteiger partial charge in [-0.2, -0.15) is 0 Å². The highest BCUT2D eigenvalue weighted by Gasteiger charge is 2.35. The van der Waals surface area contributed by atoms with Crippen LogP contribution in [0.3, 0.4) is 0 Å². The zero-order chi connectivity index (χ0) is 21.9.